The highest BCUT2D eigenvalue weighted by atomic mass is 16.5. The molecule has 1 saturated heterocycles. The molecule has 2 aliphatic heterocycles. The first-order valence-corrected chi connectivity index (χ1v) is 7.93. The van der Waals surface area contributed by atoms with Crippen molar-refractivity contribution in [3.05, 3.63) is 54.1 Å². The van der Waals surface area contributed by atoms with Crippen LogP contribution in [0.3, 0.4) is 0 Å². The number of fused-ring (bicyclic) bond motifs is 3. The van der Waals surface area contributed by atoms with Crippen molar-refractivity contribution < 1.29 is 14.3 Å². The number of hydrogen-bond acceptors (Lipinski definition) is 4. The van der Waals surface area contributed by atoms with Crippen molar-refractivity contribution in [1.82, 2.24) is 0 Å². The Kier molecular flexibility index (Phi) is 3.30. The van der Waals surface area contributed by atoms with E-state index >= 15 is 0 Å². The summed E-state index contributed by atoms with van der Waals surface area (Å²) in [4.78, 5) is 29.3. The number of hydrogen-bond donors (Lipinski definition) is 0. The maximum atomic E-state index is 13.1. The fraction of sp³-hybridized carbons (Fsp3) is 0.263. The van der Waals surface area contributed by atoms with E-state index in [0.717, 1.165) is 11.3 Å². The summed E-state index contributed by atoms with van der Waals surface area (Å²) in [5.41, 5.74) is 2.48. The zero-order chi connectivity index (χ0) is 16.8. The van der Waals surface area contributed by atoms with Crippen LogP contribution in [0.15, 0.2) is 48.5 Å². The molecule has 4 rings (SSSR count). The molecule has 122 valence electrons. The Hall–Kier alpha value is -2.82. The summed E-state index contributed by atoms with van der Waals surface area (Å²) in [6.07, 6.45) is 0. The number of anilines is 2. The summed E-state index contributed by atoms with van der Waals surface area (Å²) < 4.78 is 5.31. The minimum Gasteiger partial charge on any atom is -0.497 e. The van der Waals surface area contributed by atoms with Gasteiger partial charge in [0.2, 0.25) is 11.8 Å². The highest BCUT2D eigenvalue weighted by Crippen LogP contribution is 2.46. The molecule has 24 heavy (non-hydrogen) atoms. The largest absolute Gasteiger partial charge is 0.497 e. The molecule has 0 radical (unpaired) electrons. The topological polar surface area (TPSA) is 49.9 Å². The zero-order valence-electron chi connectivity index (χ0n) is 13.6. The quantitative estimate of drug-likeness (QED) is 0.797. The molecule has 2 atom stereocenters. The number of benzene rings is 2. The maximum Gasteiger partial charge on any atom is 0.242 e. The van der Waals surface area contributed by atoms with Gasteiger partial charge in [0.25, 0.3) is 0 Å². The van der Waals surface area contributed by atoms with Gasteiger partial charge >= 0.3 is 0 Å². The average molecular weight is 322 g/mol. The van der Waals surface area contributed by atoms with Crippen LogP contribution in [-0.2, 0) is 9.59 Å². The normalized spacial score (nSPS) is 22.4. The third-order valence-electron chi connectivity index (χ3n) is 4.89. The SMILES string of the molecule is COc1ccc2c(c1)[C@H]1C(=O)N(c3ccccc3)C(=O)[C@H]1CN2C. The van der Waals surface area contributed by atoms with Crippen LogP contribution in [0.4, 0.5) is 11.4 Å². The van der Waals surface area contributed by atoms with Crippen molar-refractivity contribution in [2.45, 2.75) is 5.92 Å². The van der Waals surface area contributed by atoms with Crippen LogP contribution < -0.4 is 14.5 Å². The van der Waals surface area contributed by atoms with Crippen molar-refractivity contribution in [3.8, 4) is 5.75 Å². The highest BCUT2D eigenvalue weighted by molar-refractivity contribution is 6.24. The number of rotatable bonds is 2. The van der Waals surface area contributed by atoms with Gasteiger partial charge in [0.05, 0.1) is 24.6 Å². The monoisotopic (exact) mass is 322 g/mol. The molecule has 5 heteroatoms. The van der Waals surface area contributed by atoms with Crippen LogP contribution >= 0.6 is 0 Å². The second-order valence-corrected chi connectivity index (χ2v) is 6.24. The van der Waals surface area contributed by atoms with Crippen LogP contribution in [0.1, 0.15) is 11.5 Å². The summed E-state index contributed by atoms with van der Waals surface area (Å²) >= 11 is 0. The molecule has 2 amide bonds. The van der Waals surface area contributed by atoms with Crippen molar-refractivity contribution in [2.75, 3.05) is 30.5 Å². The molecule has 0 bridgehead atoms. The third-order valence-corrected chi connectivity index (χ3v) is 4.89. The fourth-order valence-electron chi connectivity index (χ4n) is 3.74. The summed E-state index contributed by atoms with van der Waals surface area (Å²) in [5, 5.41) is 0. The number of para-hydroxylation sites is 1. The maximum absolute atomic E-state index is 13.1. The van der Waals surface area contributed by atoms with E-state index in [-0.39, 0.29) is 17.7 Å². The molecule has 0 spiro atoms. The minimum absolute atomic E-state index is 0.128. The fourth-order valence-corrected chi connectivity index (χ4v) is 3.74. The van der Waals surface area contributed by atoms with E-state index in [4.69, 9.17) is 4.74 Å². The molecule has 0 saturated carbocycles. The lowest BCUT2D eigenvalue weighted by molar-refractivity contribution is -0.122. The lowest BCUT2D eigenvalue weighted by Gasteiger charge is -2.33. The van der Waals surface area contributed by atoms with Gasteiger partial charge in [-0.2, -0.15) is 0 Å². The van der Waals surface area contributed by atoms with Gasteiger partial charge in [-0.25, -0.2) is 4.90 Å². The molecular formula is C19H18N2O3. The van der Waals surface area contributed by atoms with E-state index in [9.17, 15) is 9.59 Å². The van der Waals surface area contributed by atoms with Crippen molar-refractivity contribution in [3.63, 3.8) is 0 Å². The van der Waals surface area contributed by atoms with E-state index in [1.54, 1.807) is 19.2 Å². The Balaban J connectivity index is 1.83. The second kappa shape index (κ2) is 5.37. The minimum atomic E-state index is -0.445. The number of methoxy groups -OCH3 is 1. The molecule has 0 N–H and O–H groups in total. The standard InChI is InChI=1S/C19H18N2O3/c1-20-11-15-17(14-10-13(24-2)8-9-16(14)20)19(23)21(18(15)22)12-6-4-3-5-7-12/h3-10,15,17H,11H2,1-2H3/t15-,17+/m0/s1. The number of amides is 2. The average Bonchev–Trinajstić information content (AvgIpc) is 2.86. The van der Waals surface area contributed by atoms with Crippen LogP contribution in [0, 0.1) is 5.92 Å². The lowest BCUT2D eigenvalue weighted by atomic mass is 9.83. The lowest BCUT2D eigenvalue weighted by Crippen LogP contribution is -2.37. The number of ether oxygens (including phenoxy) is 1. The smallest absolute Gasteiger partial charge is 0.242 e. The molecule has 0 unspecified atom stereocenters. The molecule has 0 aliphatic carbocycles. The van der Waals surface area contributed by atoms with Crippen LogP contribution in [-0.4, -0.2) is 32.5 Å². The summed E-state index contributed by atoms with van der Waals surface area (Å²) in [5.74, 6) is -0.391. The predicted molar refractivity (Wildman–Crippen MR) is 91.4 cm³/mol. The molecule has 2 aromatic carbocycles. The Morgan fingerprint density at radius 3 is 2.50 bits per heavy atom. The Labute approximate surface area is 140 Å². The van der Waals surface area contributed by atoms with Gasteiger partial charge in [-0.05, 0) is 35.9 Å². The van der Waals surface area contributed by atoms with Crippen molar-refractivity contribution in [2.24, 2.45) is 5.92 Å². The van der Waals surface area contributed by atoms with E-state index in [0.29, 0.717) is 18.0 Å². The molecule has 5 nitrogen and oxygen atoms in total. The van der Waals surface area contributed by atoms with Crippen molar-refractivity contribution in [1.29, 1.82) is 0 Å². The van der Waals surface area contributed by atoms with Crippen LogP contribution in [0.5, 0.6) is 5.75 Å². The van der Waals surface area contributed by atoms with Crippen LogP contribution in [0.25, 0.3) is 0 Å². The number of carbonyl (C=O) groups is 2. The number of carbonyl (C=O) groups excluding carboxylic acids is 2. The van der Waals surface area contributed by atoms with Gasteiger partial charge in [0, 0.05) is 19.3 Å². The van der Waals surface area contributed by atoms with Gasteiger partial charge < -0.3 is 9.64 Å². The molecule has 0 aromatic heterocycles. The molecular weight excluding hydrogens is 304 g/mol. The molecule has 2 aromatic rings. The van der Waals surface area contributed by atoms with Gasteiger partial charge in [-0.3, -0.25) is 9.59 Å². The van der Waals surface area contributed by atoms with Gasteiger partial charge in [0.1, 0.15) is 5.75 Å². The summed E-state index contributed by atoms with van der Waals surface area (Å²) in [6, 6.07) is 14.8. The summed E-state index contributed by atoms with van der Waals surface area (Å²) in [6.45, 7) is 0.540. The molecule has 2 heterocycles. The number of nitrogens with zero attached hydrogens (tertiary/aromatic N) is 2. The highest BCUT2D eigenvalue weighted by Gasteiger charge is 2.52. The first-order valence-electron chi connectivity index (χ1n) is 7.93. The first-order chi connectivity index (χ1) is 11.6. The third kappa shape index (κ3) is 2.01. The Morgan fingerprint density at radius 2 is 1.79 bits per heavy atom. The van der Waals surface area contributed by atoms with Gasteiger partial charge in [-0.1, -0.05) is 18.2 Å². The van der Waals surface area contributed by atoms with Crippen molar-refractivity contribution >= 4 is 23.2 Å². The molecule has 1 fully saturated rings. The van der Waals surface area contributed by atoms with Gasteiger partial charge in [0.15, 0.2) is 0 Å². The zero-order valence-corrected chi connectivity index (χ0v) is 13.6. The van der Waals surface area contributed by atoms with E-state index in [1.807, 2.05) is 48.3 Å². The van der Waals surface area contributed by atoms with E-state index in [2.05, 4.69) is 0 Å². The number of imide groups is 1. The second-order valence-electron chi connectivity index (χ2n) is 6.24. The Bertz CT molecular complexity index is 819. The molecule has 2 aliphatic rings. The van der Waals surface area contributed by atoms with E-state index in [1.165, 1.54) is 4.90 Å². The van der Waals surface area contributed by atoms with Crippen LogP contribution in [0.2, 0.25) is 0 Å². The summed E-state index contributed by atoms with van der Waals surface area (Å²) in [7, 11) is 3.55. The van der Waals surface area contributed by atoms with Gasteiger partial charge in [-0.15, -0.1) is 0 Å². The first kappa shape index (κ1) is 14.8. The predicted octanol–water partition coefficient (Wildman–Crippen LogP) is 2.42. The Morgan fingerprint density at radius 1 is 1.04 bits per heavy atom. The van der Waals surface area contributed by atoms with E-state index < -0.39 is 5.92 Å².